The van der Waals surface area contributed by atoms with Crippen molar-refractivity contribution in [3.05, 3.63) is 0 Å². The molecule has 2 aliphatic rings. The van der Waals surface area contributed by atoms with Crippen LogP contribution in [0.4, 0.5) is 0 Å². The van der Waals surface area contributed by atoms with E-state index in [1.807, 2.05) is 0 Å². The summed E-state index contributed by atoms with van der Waals surface area (Å²) in [7, 11) is 0. The summed E-state index contributed by atoms with van der Waals surface area (Å²) in [6, 6.07) is 0.690. The third-order valence-corrected chi connectivity index (χ3v) is 3.70. The summed E-state index contributed by atoms with van der Waals surface area (Å²) < 4.78 is 5.36. The molecule has 0 bridgehead atoms. The molecule has 0 aliphatic carbocycles. The van der Waals surface area contributed by atoms with Gasteiger partial charge in [0.25, 0.3) is 0 Å². The lowest BCUT2D eigenvalue weighted by atomic mass is 9.94. The molecule has 0 radical (unpaired) electrons. The summed E-state index contributed by atoms with van der Waals surface area (Å²) in [6.45, 7) is 5.32. The molecule has 14 heavy (non-hydrogen) atoms. The first-order valence-corrected chi connectivity index (χ1v) is 5.92. The van der Waals surface area contributed by atoms with Gasteiger partial charge in [-0.3, -0.25) is 4.90 Å². The molecular formula is C11H22N2O. The molecule has 0 saturated carbocycles. The summed E-state index contributed by atoms with van der Waals surface area (Å²) in [5, 5.41) is 0. The Morgan fingerprint density at radius 2 is 2.00 bits per heavy atom. The van der Waals surface area contributed by atoms with Crippen molar-refractivity contribution in [1.29, 1.82) is 0 Å². The van der Waals surface area contributed by atoms with Crippen LogP contribution in [0.3, 0.4) is 0 Å². The Morgan fingerprint density at radius 3 is 2.57 bits per heavy atom. The summed E-state index contributed by atoms with van der Waals surface area (Å²) in [5.41, 5.74) is 5.67. The molecule has 3 nitrogen and oxygen atoms in total. The van der Waals surface area contributed by atoms with Gasteiger partial charge < -0.3 is 10.5 Å². The Labute approximate surface area is 86.6 Å². The number of hydrogen-bond donors (Lipinski definition) is 1. The van der Waals surface area contributed by atoms with E-state index in [0.717, 1.165) is 25.7 Å². The summed E-state index contributed by atoms with van der Waals surface area (Å²) in [5.74, 6) is 0.905. The summed E-state index contributed by atoms with van der Waals surface area (Å²) in [4.78, 5) is 2.54. The van der Waals surface area contributed by atoms with Gasteiger partial charge in [0, 0.05) is 32.3 Å². The van der Waals surface area contributed by atoms with Crippen LogP contribution in [0, 0.1) is 5.92 Å². The van der Waals surface area contributed by atoms with E-state index in [0.29, 0.717) is 6.04 Å². The number of ether oxygens (including phenoxy) is 1. The second kappa shape index (κ2) is 5.10. The molecular weight excluding hydrogens is 176 g/mol. The van der Waals surface area contributed by atoms with E-state index in [1.54, 1.807) is 0 Å². The average molecular weight is 198 g/mol. The van der Waals surface area contributed by atoms with Crippen LogP contribution in [-0.2, 0) is 4.74 Å². The first-order valence-electron chi connectivity index (χ1n) is 5.92. The average Bonchev–Trinajstić information content (AvgIpc) is 2.19. The van der Waals surface area contributed by atoms with Gasteiger partial charge >= 0.3 is 0 Å². The van der Waals surface area contributed by atoms with Gasteiger partial charge in [0.05, 0.1) is 0 Å². The van der Waals surface area contributed by atoms with Crippen molar-refractivity contribution in [1.82, 2.24) is 4.90 Å². The van der Waals surface area contributed by atoms with Crippen molar-refractivity contribution in [3.8, 4) is 0 Å². The highest BCUT2D eigenvalue weighted by atomic mass is 16.5. The monoisotopic (exact) mass is 198 g/mol. The van der Waals surface area contributed by atoms with Gasteiger partial charge in [-0.05, 0) is 38.1 Å². The maximum Gasteiger partial charge on any atom is 0.0468 e. The molecule has 1 unspecified atom stereocenters. The summed E-state index contributed by atoms with van der Waals surface area (Å²) in [6.07, 6.45) is 5.19. The SMILES string of the molecule is NCC1CCN1CCC1CCOCC1. The van der Waals surface area contributed by atoms with Crippen LogP contribution in [0.5, 0.6) is 0 Å². The standard InChI is InChI=1S/C11H22N2O/c12-9-11-2-6-13(11)5-1-10-3-7-14-8-4-10/h10-11H,1-9,12H2. The van der Waals surface area contributed by atoms with Crippen LogP contribution in [0.15, 0.2) is 0 Å². The number of hydrogen-bond acceptors (Lipinski definition) is 3. The Morgan fingerprint density at radius 1 is 1.21 bits per heavy atom. The molecule has 2 fully saturated rings. The molecule has 2 rings (SSSR count). The normalized spacial score (nSPS) is 30.2. The number of nitrogens with zero attached hydrogens (tertiary/aromatic N) is 1. The lowest BCUT2D eigenvalue weighted by Crippen LogP contribution is -2.52. The predicted molar refractivity (Wildman–Crippen MR) is 57.2 cm³/mol. The molecule has 0 aromatic carbocycles. The fraction of sp³-hybridized carbons (Fsp3) is 1.00. The van der Waals surface area contributed by atoms with Crippen molar-refractivity contribution in [2.45, 2.75) is 31.7 Å². The lowest BCUT2D eigenvalue weighted by Gasteiger charge is -2.41. The van der Waals surface area contributed by atoms with E-state index >= 15 is 0 Å². The summed E-state index contributed by atoms with van der Waals surface area (Å²) >= 11 is 0. The Balaban J connectivity index is 1.61. The smallest absolute Gasteiger partial charge is 0.0468 e. The molecule has 2 N–H and O–H groups in total. The molecule has 0 aromatic rings. The Bertz CT molecular complexity index is 165. The quantitative estimate of drug-likeness (QED) is 0.727. The van der Waals surface area contributed by atoms with Crippen molar-refractivity contribution in [2.75, 3.05) is 32.8 Å². The van der Waals surface area contributed by atoms with Crippen LogP contribution >= 0.6 is 0 Å². The van der Waals surface area contributed by atoms with Crippen molar-refractivity contribution in [2.24, 2.45) is 11.7 Å². The largest absolute Gasteiger partial charge is 0.381 e. The minimum Gasteiger partial charge on any atom is -0.381 e. The zero-order valence-corrected chi connectivity index (χ0v) is 8.95. The maximum absolute atomic E-state index is 5.67. The lowest BCUT2D eigenvalue weighted by molar-refractivity contribution is 0.0458. The fourth-order valence-corrected chi connectivity index (χ4v) is 2.44. The van der Waals surface area contributed by atoms with Crippen LogP contribution in [0.2, 0.25) is 0 Å². The number of likely N-dealkylation sites (tertiary alicyclic amines) is 1. The highest BCUT2D eigenvalue weighted by Gasteiger charge is 2.26. The Kier molecular flexibility index (Phi) is 3.79. The first-order chi connectivity index (χ1) is 6.90. The second-order valence-corrected chi connectivity index (χ2v) is 4.56. The van der Waals surface area contributed by atoms with Crippen molar-refractivity contribution in [3.63, 3.8) is 0 Å². The third-order valence-electron chi connectivity index (χ3n) is 3.70. The van der Waals surface area contributed by atoms with Gasteiger partial charge in [0.2, 0.25) is 0 Å². The molecule has 2 saturated heterocycles. The van der Waals surface area contributed by atoms with E-state index in [-0.39, 0.29) is 0 Å². The molecule has 3 heteroatoms. The van der Waals surface area contributed by atoms with Gasteiger partial charge in [0.15, 0.2) is 0 Å². The number of nitrogens with two attached hydrogens (primary N) is 1. The number of rotatable bonds is 4. The van der Waals surface area contributed by atoms with Crippen LogP contribution < -0.4 is 5.73 Å². The van der Waals surface area contributed by atoms with E-state index in [1.165, 1.54) is 38.8 Å². The van der Waals surface area contributed by atoms with E-state index < -0.39 is 0 Å². The zero-order valence-electron chi connectivity index (χ0n) is 8.95. The molecule has 2 aliphatic heterocycles. The molecule has 0 spiro atoms. The zero-order chi connectivity index (χ0) is 9.80. The Hall–Kier alpha value is -0.120. The maximum atomic E-state index is 5.67. The van der Waals surface area contributed by atoms with Crippen LogP contribution in [0.25, 0.3) is 0 Å². The van der Waals surface area contributed by atoms with Gasteiger partial charge in [-0.25, -0.2) is 0 Å². The highest BCUT2D eigenvalue weighted by Crippen LogP contribution is 2.22. The molecule has 0 amide bonds. The van der Waals surface area contributed by atoms with Crippen molar-refractivity contribution < 1.29 is 4.74 Å². The van der Waals surface area contributed by atoms with Crippen LogP contribution in [0.1, 0.15) is 25.7 Å². The minimum atomic E-state index is 0.690. The highest BCUT2D eigenvalue weighted by molar-refractivity contribution is 4.83. The second-order valence-electron chi connectivity index (χ2n) is 4.56. The molecule has 0 aromatic heterocycles. The van der Waals surface area contributed by atoms with Crippen LogP contribution in [-0.4, -0.2) is 43.8 Å². The molecule has 2 heterocycles. The van der Waals surface area contributed by atoms with E-state index in [9.17, 15) is 0 Å². The molecule has 82 valence electrons. The predicted octanol–water partition coefficient (Wildman–Crippen LogP) is 0.836. The minimum absolute atomic E-state index is 0.690. The van der Waals surface area contributed by atoms with Crippen molar-refractivity contribution >= 4 is 0 Å². The molecule has 1 atom stereocenters. The third kappa shape index (κ3) is 2.47. The topological polar surface area (TPSA) is 38.5 Å². The first kappa shape index (κ1) is 10.4. The van der Waals surface area contributed by atoms with E-state index in [2.05, 4.69) is 4.90 Å². The van der Waals surface area contributed by atoms with Gasteiger partial charge in [-0.15, -0.1) is 0 Å². The van der Waals surface area contributed by atoms with E-state index in [4.69, 9.17) is 10.5 Å². The fourth-order valence-electron chi connectivity index (χ4n) is 2.44. The van der Waals surface area contributed by atoms with Gasteiger partial charge in [0.1, 0.15) is 0 Å². The van der Waals surface area contributed by atoms with Gasteiger partial charge in [-0.1, -0.05) is 0 Å². The van der Waals surface area contributed by atoms with Gasteiger partial charge in [-0.2, -0.15) is 0 Å².